The van der Waals surface area contributed by atoms with Crippen molar-refractivity contribution in [2.24, 2.45) is 23.2 Å². The molecule has 0 bridgehead atoms. The highest BCUT2D eigenvalue weighted by Crippen LogP contribution is 2.57. The largest absolute Gasteiger partial charge is 0.414 e. The van der Waals surface area contributed by atoms with Crippen molar-refractivity contribution in [3.63, 3.8) is 0 Å². The predicted octanol–water partition coefficient (Wildman–Crippen LogP) is 8.25. The number of halogens is 2. The van der Waals surface area contributed by atoms with Crippen LogP contribution in [0.5, 0.6) is 0 Å². The van der Waals surface area contributed by atoms with Gasteiger partial charge in [-0.1, -0.05) is 53.5 Å². The van der Waals surface area contributed by atoms with Crippen molar-refractivity contribution in [2.75, 3.05) is 0 Å². The van der Waals surface area contributed by atoms with E-state index < -0.39 is 8.32 Å². The van der Waals surface area contributed by atoms with Crippen LogP contribution in [-0.2, 0) is 4.43 Å². The average Bonchev–Trinajstić information content (AvgIpc) is 2.43. The smallest absolute Gasteiger partial charge is 0.192 e. The number of rotatable bonds is 4. The van der Waals surface area contributed by atoms with Gasteiger partial charge in [-0.3, -0.25) is 0 Å². The molecule has 146 valence electrons. The summed E-state index contributed by atoms with van der Waals surface area (Å²) >= 11 is 7.16. The Kier molecular flexibility index (Phi) is 7.17. The Labute approximate surface area is 174 Å². The van der Waals surface area contributed by atoms with Gasteiger partial charge >= 0.3 is 0 Å². The quantitative estimate of drug-likeness (QED) is 0.358. The predicted molar refractivity (Wildman–Crippen MR) is 120 cm³/mol. The molecule has 0 aromatic carbocycles. The van der Waals surface area contributed by atoms with Crippen molar-refractivity contribution in [1.29, 1.82) is 0 Å². The molecular formula is C21H38Br2OSi. The molecule has 25 heavy (non-hydrogen) atoms. The fraction of sp³-hybridized carbons (Fsp3) is 0.905. The zero-order valence-corrected chi connectivity index (χ0v) is 21.5. The summed E-state index contributed by atoms with van der Waals surface area (Å²) in [6, 6.07) is 0. The molecule has 0 aromatic heterocycles. The molecule has 0 radical (unpaired) electrons. The molecule has 4 heteroatoms. The lowest BCUT2D eigenvalue weighted by atomic mass is 9.52. The van der Waals surface area contributed by atoms with E-state index in [0.717, 1.165) is 15.2 Å². The van der Waals surface area contributed by atoms with Gasteiger partial charge in [0, 0.05) is 6.10 Å². The van der Waals surface area contributed by atoms with E-state index in [1.54, 1.807) is 0 Å². The molecule has 0 aliphatic heterocycles. The highest BCUT2D eigenvalue weighted by atomic mass is 79.9. The van der Waals surface area contributed by atoms with E-state index in [2.05, 4.69) is 85.6 Å². The normalized spacial score (nSPS) is 35.0. The third-order valence-corrected chi connectivity index (χ3v) is 12.7. The lowest BCUT2D eigenvalue weighted by molar-refractivity contribution is -0.0814. The van der Waals surface area contributed by atoms with Crippen molar-refractivity contribution in [3.8, 4) is 0 Å². The number of hydrogen-bond acceptors (Lipinski definition) is 1. The summed E-state index contributed by atoms with van der Waals surface area (Å²) in [4.78, 5) is 0. The average molecular weight is 494 g/mol. The molecule has 0 heterocycles. The van der Waals surface area contributed by atoms with Gasteiger partial charge in [-0.05, 0) is 98.8 Å². The second kappa shape index (κ2) is 8.09. The van der Waals surface area contributed by atoms with Crippen LogP contribution in [0.25, 0.3) is 0 Å². The SMILES string of the molecule is C[C@H](C=C(Br)Br)[C@H]1CCC[C@H]2[C@@H](O[Si](C)(C)C(C)(C)C)CCC[C@@]12C. The molecule has 0 unspecified atom stereocenters. The third-order valence-electron chi connectivity index (χ3n) is 7.65. The number of hydrogen-bond donors (Lipinski definition) is 0. The van der Waals surface area contributed by atoms with Crippen molar-refractivity contribution in [2.45, 2.75) is 97.4 Å². The maximum Gasteiger partial charge on any atom is 0.192 e. The maximum absolute atomic E-state index is 6.99. The van der Waals surface area contributed by atoms with E-state index in [1.165, 1.54) is 38.5 Å². The summed E-state index contributed by atoms with van der Waals surface area (Å²) in [6.07, 6.45) is 10.9. The van der Waals surface area contributed by atoms with Crippen molar-refractivity contribution in [3.05, 3.63) is 9.47 Å². The molecule has 0 spiro atoms. The van der Waals surface area contributed by atoms with Crippen LogP contribution in [0.3, 0.4) is 0 Å². The molecule has 0 saturated heterocycles. The molecular weight excluding hydrogens is 456 g/mol. The molecule has 2 fully saturated rings. The van der Waals surface area contributed by atoms with Crippen molar-refractivity contribution in [1.82, 2.24) is 0 Å². The molecule has 2 aliphatic rings. The Morgan fingerprint density at radius 3 is 2.36 bits per heavy atom. The molecule has 5 atom stereocenters. The summed E-state index contributed by atoms with van der Waals surface area (Å²) in [6.45, 7) is 16.9. The van der Waals surface area contributed by atoms with E-state index in [4.69, 9.17) is 4.43 Å². The van der Waals surface area contributed by atoms with Gasteiger partial charge < -0.3 is 4.43 Å². The van der Waals surface area contributed by atoms with E-state index in [0.29, 0.717) is 22.5 Å². The van der Waals surface area contributed by atoms with Gasteiger partial charge in [-0.2, -0.15) is 0 Å². The van der Waals surface area contributed by atoms with Gasteiger partial charge in [0.25, 0.3) is 0 Å². The molecule has 0 N–H and O–H groups in total. The highest BCUT2D eigenvalue weighted by Gasteiger charge is 2.52. The van der Waals surface area contributed by atoms with Crippen LogP contribution in [0.15, 0.2) is 9.47 Å². The lowest BCUT2D eigenvalue weighted by Crippen LogP contribution is -2.54. The van der Waals surface area contributed by atoms with E-state index in [1.807, 2.05) is 0 Å². The summed E-state index contributed by atoms with van der Waals surface area (Å²) in [5.74, 6) is 2.11. The van der Waals surface area contributed by atoms with Gasteiger partial charge in [0.1, 0.15) is 0 Å². The first kappa shape index (κ1) is 22.2. The second-order valence-corrected chi connectivity index (χ2v) is 17.8. The monoisotopic (exact) mass is 492 g/mol. The van der Waals surface area contributed by atoms with Crippen LogP contribution in [0.4, 0.5) is 0 Å². The fourth-order valence-electron chi connectivity index (χ4n) is 5.23. The molecule has 0 aromatic rings. The fourth-order valence-corrected chi connectivity index (χ4v) is 7.46. The maximum atomic E-state index is 6.99. The van der Waals surface area contributed by atoms with Crippen LogP contribution in [0, 0.1) is 23.2 Å². The Hall–Kier alpha value is 0.877. The molecule has 2 saturated carbocycles. The Morgan fingerprint density at radius 1 is 1.16 bits per heavy atom. The number of allylic oxidation sites excluding steroid dienone is 1. The van der Waals surface area contributed by atoms with Crippen LogP contribution in [0.2, 0.25) is 18.1 Å². The summed E-state index contributed by atoms with van der Waals surface area (Å²) in [5.41, 5.74) is 0.425. The van der Waals surface area contributed by atoms with E-state index in [-0.39, 0.29) is 0 Å². The summed E-state index contributed by atoms with van der Waals surface area (Å²) in [5, 5.41) is 0.297. The van der Waals surface area contributed by atoms with Crippen molar-refractivity contribution < 1.29 is 4.43 Å². The first-order valence-corrected chi connectivity index (χ1v) is 14.6. The van der Waals surface area contributed by atoms with E-state index >= 15 is 0 Å². The Bertz CT molecular complexity index is 493. The van der Waals surface area contributed by atoms with E-state index in [9.17, 15) is 0 Å². The summed E-state index contributed by atoms with van der Waals surface area (Å²) < 4.78 is 8.09. The topological polar surface area (TPSA) is 9.23 Å². The second-order valence-electron chi connectivity index (χ2n) is 10.3. The van der Waals surface area contributed by atoms with Gasteiger partial charge in [0.2, 0.25) is 0 Å². The Balaban J connectivity index is 2.24. The van der Waals surface area contributed by atoms with Gasteiger partial charge in [-0.15, -0.1) is 0 Å². The van der Waals surface area contributed by atoms with Gasteiger partial charge in [0.05, 0.1) is 3.39 Å². The first-order valence-electron chi connectivity index (χ1n) is 10.1. The summed E-state index contributed by atoms with van der Waals surface area (Å²) in [7, 11) is -1.70. The minimum absolute atomic E-state index is 0.297. The van der Waals surface area contributed by atoms with Crippen molar-refractivity contribution >= 4 is 40.2 Å². The first-order chi connectivity index (χ1) is 11.4. The van der Waals surface area contributed by atoms with Crippen LogP contribution < -0.4 is 0 Å². The molecule has 2 aliphatic carbocycles. The zero-order valence-electron chi connectivity index (χ0n) is 17.3. The third kappa shape index (κ3) is 4.84. The lowest BCUT2D eigenvalue weighted by Gasteiger charge is -2.56. The number of fused-ring (bicyclic) bond motifs is 1. The van der Waals surface area contributed by atoms with Crippen LogP contribution >= 0.6 is 31.9 Å². The highest BCUT2D eigenvalue weighted by molar-refractivity contribution is 9.28. The van der Waals surface area contributed by atoms with Gasteiger partial charge in [-0.25, -0.2) is 0 Å². The zero-order chi connectivity index (χ0) is 19.0. The molecule has 2 rings (SSSR count). The van der Waals surface area contributed by atoms with Crippen LogP contribution in [-0.4, -0.2) is 14.4 Å². The minimum atomic E-state index is -1.70. The Morgan fingerprint density at radius 2 is 1.80 bits per heavy atom. The van der Waals surface area contributed by atoms with Gasteiger partial charge in [0.15, 0.2) is 8.32 Å². The standard InChI is InChI=1S/C21H38Br2OSi/c1-15(14-19(22)23)16-10-8-11-17-18(12-9-13-21(16,17)5)24-25(6,7)20(2,3)4/h14-18H,8-13H2,1-7H3/t15-,16-,17+,18+,21+/m1/s1. The minimum Gasteiger partial charge on any atom is -0.414 e. The molecule has 1 nitrogen and oxygen atoms in total. The van der Waals surface area contributed by atoms with Crippen LogP contribution in [0.1, 0.15) is 73.1 Å². The molecule has 0 amide bonds.